The number of hydrogen-bond acceptors (Lipinski definition) is 11. The Kier molecular flexibility index (Phi) is 18.0. The number of methoxy groups -OCH3 is 2. The highest BCUT2D eigenvalue weighted by Gasteiger charge is 2.35. The molecule has 49 heavy (non-hydrogen) atoms. The lowest BCUT2D eigenvalue weighted by Crippen LogP contribution is -2.41. The van der Waals surface area contributed by atoms with E-state index < -0.39 is 59.9 Å². The number of amides is 2. The van der Waals surface area contributed by atoms with Gasteiger partial charge in [0.2, 0.25) is 11.6 Å². The molecular weight excluding hydrogens is 656 g/mol. The maximum absolute atomic E-state index is 13.8. The van der Waals surface area contributed by atoms with Crippen molar-refractivity contribution in [1.29, 1.82) is 0 Å². The van der Waals surface area contributed by atoms with Crippen LogP contribution in [0.25, 0.3) is 0 Å². The summed E-state index contributed by atoms with van der Waals surface area (Å²) < 4.78 is 23.0. The number of nitrogens with one attached hydrogen (secondary N) is 2. The van der Waals surface area contributed by atoms with E-state index in [9.17, 15) is 24.0 Å². The average Bonchev–Trinajstić information content (AvgIpc) is 3.00. The van der Waals surface area contributed by atoms with Gasteiger partial charge in [-0.3, -0.25) is 24.1 Å². The van der Waals surface area contributed by atoms with E-state index >= 15 is 0 Å². The summed E-state index contributed by atoms with van der Waals surface area (Å²) in [5.41, 5.74) is 6.41. The van der Waals surface area contributed by atoms with Crippen LogP contribution in [0.4, 0.5) is 4.79 Å². The van der Waals surface area contributed by atoms with Crippen molar-refractivity contribution in [1.82, 2.24) is 15.5 Å². The fourth-order valence-corrected chi connectivity index (χ4v) is 5.57. The molecule has 0 fully saturated rings. The molecule has 0 spiro atoms. The van der Waals surface area contributed by atoms with Gasteiger partial charge in [0.15, 0.2) is 6.10 Å². The Morgan fingerprint density at radius 2 is 1.80 bits per heavy atom. The summed E-state index contributed by atoms with van der Waals surface area (Å²) >= 11 is 0. The molecule has 0 aromatic carbocycles. The number of ether oxygens (including phenoxy) is 4. The molecule has 1 aliphatic carbocycles. The SMILES string of the molecule is C=CCNC1=C2C[C@@H](C)C[C@@H](OC)[C@H](OC(=O)CN(C)C)[C@@H](C)/C=C(\C)[C@H](OC(N)=O)[C@H](OC)/C=C\C=C(/C)C(=O)NC(=CC1=O)C2=O.Cl. The average molecular weight is 707 g/mol. The number of rotatable bonds is 9. The van der Waals surface area contributed by atoms with Gasteiger partial charge in [-0.25, -0.2) is 4.79 Å². The van der Waals surface area contributed by atoms with Gasteiger partial charge >= 0.3 is 12.1 Å². The van der Waals surface area contributed by atoms with Gasteiger partial charge in [-0.05, 0) is 52.3 Å². The smallest absolute Gasteiger partial charge is 0.405 e. The number of nitrogens with zero attached hydrogens (tertiary/aromatic N) is 1. The summed E-state index contributed by atoms with van der Waals surface area (Å²) in [6.07, 6.45) is 5.32. The van der Waals surface area contributed by atoms with E-state index in [2.05, 4.69) is 17.2 Å². The molecule has 13 nitrogen and oxygen atoms in total. The van der Waals surface area contributed by atoms with Crippen molar-refractivity contribution in [2.75, 3.05) is 41.4 Å². The van der Waals surface area contributed by atoms with E-state index in [0.29, 0.717) is 12.0 Å². The maximum Gasteiger partial charge on any atom is 0.405 e. The zero-order valence-corrected chi connectivity index (χ0v) is 30.4. The first-order valence-electron chi connectivity index (χ1n) is 15.7. The number of primary amides is 1. The largest absolute Gasteiger partial charge is 0.458 e. The van der Waals surface area contributed by atoms with E-state index in [4.69, 9.17) is 24.7 Å². The number of nitrogens with two attached hydrogens (primary N) is 1. The van der Waals surface area contributed by atoms with Gasteiger partial charge in [-0.15, -0.1) is 19.0 Å². The fourth-order valence-electron chi connectivity index (χ4n) is 5.57. The normalized spacial score (nSPS) is 28.5. The zero-order valence-electron chi connectivity index (χ0n) is 29.6. The van der Waals surface area contributed by atoms with E-state index in [-0.39, 0.29) is 60.4 Å². The number of carbonyl (C=O) groups is 5. The quantitative estimate of drug-likeness (QED) is 0.183. The Morgan fingerprint density at radius 3 is 2.37 bits per heavy atom. The van der Waals surface area contributed by atoms with Crippen molar-refractivity contribution in [3.05, 3.63) is 71.1 Å². The minimum atomic E-state index is -1.02. The number of allylic oxidation sites excluding steroid dienone is 4. The highest BCUT2D eigenvalue weighted by atomic mass is 35.5. The molecule has 0 aromatic heterocycles. The minimum absolute atomic E-state index is 0. The van der Waals surface area contributed by atoms with Gasteiger partial charge in [0.1, 0.15) is 12.2 Å². The molecular formula is C35H51ClN4O9. The molecule has 14 heteroatoms. The number of Topliss-reactive ketones (excluding diaryl/α,β-unsaturated/α-hetero) is 1. The molecule has 2 bridgehead atoms. The van der Waals surface area contributed by atoms with Gasteiger partial charge in [0, 0.05) is 43.9 Å². The van der Waals surface area contributed by atoms with Gasteiger partial charge in [0.05, 0.1) is 24.0 Å². The zero-order chi connectivity index (χ0) is 36.1. The van der Waals surface area contributed by atoms with E-state index in [1.165, 1.54) is 20.3 Å². The molecule has 0 unspecified atom stereocenters. The first-order valence-corrected chi connectivity index (χ1v) is 15.7. The van der Waals surface area contributed by atoms with Crippen LogP contribution in [0.5, 0.6) is 0 Å². The monoisotopic (exact) mass is 706 g/mol. The molecule has 4 N–H and O–H groups in total. The highest BCUT2D eigenvalue weighted by Crippen LogP contribution is 2.30. The summed E-state index contributed by atoms with van der Waals surface area (Å²) in [4.78, 5) is 66.7. The maximum atomic E-state index is 13.8. The molecule has 6 atom stereocenters. The molecule has 0 aromatic rings. The fraction of sp³-hybridized carbons (Fsp3) is 0.514. The van der Waals surface area contributed by atoms with Crippen LogP contribution in [0.2, 0.25) is 0 Å². The molecule has 2 aliphatic rings. The van der Waals surface area contributed by atoms with Crippen LogP contribution >= 0.6 is 12.4 Å². The topological polar surface area (TPSA) is 176 Å². The van der Waals surface area contributed by atoms with Crippen LogP contribution in [-0.4, -0.2) is 100 Å². The third kappa shape index (κ3) is 12.7. The molecule has 2 rings (SSSR count). The first kappa shape index (κ1) is 43.0. The standard InChI is InChI=1S/C35H50N4O9.ClH/c1-10-14-37-30-24-15-20(2)16-28(46-9)33(47-29(41)19-39(6)7)23(5)17-22(4)32(48-35(36)44)27(45-8)13-11-12-21(3)34(43)38-25(31(24)42)18-26(30)40;/h10-13,17-18,20,23,27-28,32-33,37H,1,14-16,19H2,2-9H3,(H2,36,44)(H,38,43);1H/b13-11-,21-12+,22-17+;/t20-,23+,27-,28-,32+,33-;/m1./s1. The predicted octanol–water partition coefficient (Wildman–Crippen LogP) is 3.07. The molecule has 2 amide bonds. The van der Waals surface area contributed by atoms with Crippen LogP contribution in [0.15, 0.2) is 71.1 Å². The van der Waals surface area contributed by atoms with E-state index in [0.717, 1.165) is 6.08 Å². The Labute approximate surface area is 295 Å². The number of hydrogen-bond donors (Lipinski definition) is 3. The summed E-state index contributed by atoms with van der Waals surface area (Å²) in [7, 11) is 6.43. The van der Waals surface area contributed by atoms with Gasteiger partial charge in [-0.2, -0.15) is 0 Å². The second-order valence-electron chi connectivity index (χ2n) is 12.3. The van der Waals surface area contributed by atoms with Crippen molar-refractivity contribution < 1.29 is 42.9 Å². The molecule has 272 valence electrons. The lowest BCUT2D eigenvalue weighted by Gasteiger charge is -2.33. The van der Waals surface area contributed by atoms with Crippen LogP contribution < -0.4 is 16.4 Å². The molecule has 1 aliphatic heterocycles. The van der Waals surface area contributed by atoms with E-state index in [1.807, 2.05) is 13.8 Å². The number of esters is 1. The first-order chi connectivity index (χ1) is 22.6. The Bertz CT molecular complexity index is 1400. The van der Waals surface area contributed by atoms with Crippen molar-refractivity contribution in [3.8, 4) is 0 Å². The summed E-state index contributed by atoms with van der Waals surface area (Å²) in [5.74, 6) is -2.75. The molecule has 0 radical (unpaired) electrons. The summed E-state index contributed by atoms with van der Waals surface area (Å²) in [6, 6.07) is 0. The van der Waals surface area contributed by atoms with Crippen LogP contribution in [-0.2, 0) is 38.1 Å². The Hall–Kier alpha value is -4.04. The number of halogens is 1. The highest BCUT2D eigenvalue weighted by molar-refractivity contribution is 6.23. The van der Waals surface area contributed by atoms with Crippen LogP contribution in [0.1, 0.15) is 40.5 Å². The Balaban J connectivity index is 0.0000120. The van der Waals surface area contributed by atoms with Gasteiger partial charge in [0.25, 0.3) is 5.91 Å². The van der Waals surface area contributed by atoms with Crippen molar-refractivity contribution in [2.45, 2.75) is 65.0 Å². The lowest BCUT2D eigenvalue weighted by molar-refractivity contribution is -0.161. The molecule has 0 saturated heterocycles. The van der Waals surface area contributed by atoms with Crippen molar-refractivity contribution >= 4 is 41.9 Å². The lowest BCUT2D eigenvalue weighted by atomic mass is 9.85. The molecule has 0 saturated carbocycles. The summed E-state index contributed by atoms with van der Waals surface area (Å²) in [5, 5.41) is 5.56. The Morgan fingerprint density at radius 1 is 1.12 bits per heavy atom. The van der Waals surface area contributed by atoms with Crippen molar-refractivity contribution in [2.24, 2.45) is 17.6 Å². The molecule has 1 heterocycles. The number of carbonyl (C=O) groups excluding carboxylic acids is 5. The van der Waals surface area contributed by atoms with Crippen LogP contribution in [0, 0.1) is 11.8 Å². The summed E-state index contributed by atoms with van der Waals surface area (Å²) in [6.45, 7) is 11.0. The third-order valence-electron chi connectivity index (χ3n) is 7.89. The van der Waals surface area contributed by atoms with Crippen LogP contribution in [0.3, 0.4) is 0 Å². The third-order valence-corrected chi connectivity index (χ3v) is 7.89. The number of ketones is 2. The van der Waals surface area contributed by atoms with Gasteiger partial charge in [-0.1, -0.05) is 44.2 Å². The second kappa shape index (κ2) is 20.5. The number of fused-ring (bicyclic) bond motifs is 2. The number of likely N-dealkylation sites (N-methyl/N-ethyl adjacent to an activating group) is 1. The van der Waals surface area contributed by atoms with Gasteiger partial charge < -0.3 is 35.3 Å². The van der Waals surface area contributed by atoms with E-state index in [1.54, 1.807) is 57.1 Å². The predicted molar refractivity (Wildman–Crippen MR) is 187 cm³/mol. The van der Waals surface area contributed by atoms with Crippen molar-refractivity contribution in [3.63, 3.8) is 0 Å². The minimum Gasteiger partial charge on any atom is -0.458 e. The second-order valence-corrected chi connectivity index (χ2v) is 12.3.